The molecule has 0 radical (unpaired) electrons. The monoisotopic (exact) mass is 548 g/mol. The molecule has 0 spiro atoms. The number of sulfone groups is 1. The van der Waals surface area contributed by atoms with Crippen molar-refractivity contribution in [2.45, 2.75) is 12.8 Å². The van der Waals surface area contributed by atoms with Crippen LogP contribution in [0.3, 0.4) is 0 Å². The summed E-state index contributed by atoms with van der Waals surface area (Å²) in [6, 6.07) is 12.7. The summed E-state index contributed by atoms with van der Waals surface area (Å²) in [5, 5.41) is 25.6. The molecule has 1 fully saturated rings. The van der Waals surface area contributed by atoms with Gasteiger partial charge in [0.25, 0.3) is 5.91 Å². The van der Waals surface area contributed by atoms with Gasteiger partial charge in [-0.25, -0.2) is 18.1 Å². The minimum Gasteiger partial charge on any atom is -0.283 e. The third-order valence-corrected chi connectivity index (χ3v) is 8.63. The maximum absolute atomic E-state index is 13.2. The molecule has 0 bridgehead atoms. The van der Waals surface area contributed by atoms with Crippen LogP contribution >= 0.6 is 34.5 Å². The van der Waals surface area contributed by atoms with Gasteiger partial charge in [0.1, 0.15) is 17.3 Å². The fraction of sp³-hybridized carbons (Fsp3) is 0.273. The molecular weight excluding hydrogens is 531 g/mol. The second kappa shape index (κ2) is 10.4. The fourth-order valence-electron chi connectivity index (χ4n) is 3.58. The van der Waals surface area contributed by atoms with Crippen molar-refractivity contribution in [3.05, 3.63) is 56.5 Å². The zero-order valence-electron chi connectivity index (χ0n) is 18.2. The largest absolute Gasteiger partial charge is 0.287 e. The van der Waals surface area contributed by atoms with Crippen LogP contribution in [-0.4, -0.2) is 53.7 Å². The molecule has 3 aromatic rings. The van der Waals surface area contributed by atoms with Crippen molar-refractivity contribution in [3.8, 4) is 28.4 Å². The molecule has 1 amide bonds. The van der Waals surface area contributed by atoms with Gasteiger partial charge in [0, 0.05) is 29.4 Å². The smallest absolute Gasteiger partial charge is 0.283 e. The molecule has 4 rings (SSSR count). The van der Waals surface area contributed by atoms with Gasteiger partial charge in [0.2, 0.25) is 0 Å². The van der Waals surface area contributed by atoms with Crippen LogP contribution in [0.1, 0.15) is 27.3 Å². The Morgan fingerprint density at radius 1 is 1.17 bits per heavy atom. The number of rotatable bonds is 6. The molecule has 35 heavy (non-hydrogen) atoms. The maximum Gasteiger partial charge on any atom is 0.287 e. The van der Waals surface area contributed by atoms with E-state index in [1.807, 2.05) is 12.1 Å². The highest BCUT2D eigenvalue weighted by Gasteiger charge is 2.29. The lowest BCUT2D eigenvalue weighted by Gasteiger charge is -2.26. The zero-order chi connectivity index (χ0) is 25.2. The van der Waals surface area contributed by atoms with Crippen molar-refractivity contribution in [1.82, 2.24) is 20.2 Å². The average Bonchev–Trinajstić information content (AvgIpc) is 3.43. The number of benzene rings is 1. The first-order chi connectivity index (χ1) is 16.7. The van der Waals surface area contributed by atoms with Crippen molar-refractivity contribution in [3.63, 3.8) is 0 Å². The summed E-state index contributed by atoms with van der Waals surface area (Å²) >= 11 is 13.9. The number of aromatic nitrogens is 2. The lowest BCUT2D eigenvalue weighted by atomic mass is 10.1. The Hall–Kier alpha value is -2.93. The molecule has 1 N–H and O–H groups in total. The zero-order valence-corrected chi connectivity index (χ0v) is 21.3. The van der Waals surface area contributed by atoms with E-state index in [0.29, 0.717) is 34.1 Å². The SMILES string of the molecule is N#CCCc1ccc(-c2c(C#N)c(C(=O)NN3CCS(=O)(=O)CC3)nn2-c2ccc(Cl)cc2Cl)s1. The standard InChI is InChI=1S/C22H18Cl2N6O3S2/c23-14-3-5-18(17(24)12-14)30-21(19-6-4-15(34-19)2-1-7-25)16(13-26)20(27-30)22(31)28-29-8-10-35(32,33)11-9-29/h3-6,12H,1-2,8-11H2,(H,28,31). The Labute approximate surface area is 216 Å². The normalized spacial score (nSPS) is 15.3. The Bertz CT molecular complexity index is 1470. The van der Waals surface area contributed by atoms with Gasteiger partial charge >= 0.3 is 0 Å². The van der Waals surface area contributed by atoms with Gasteiger partial charge in [-0.15, -0.1) is 11.3 Å². The summed E-state index contributed by atoms with van der Waals surface area (Å²) in [6.45, 7) is 0.277. The lowest BCUT2D eigenvalue weighted by Crippen LogP contribution is -2.50. The summed E-state index contributed by atoms with van der Waals surface area (Å²) in [7, 11) is -3.13. The van der Waals surface area contributed by atoms with E-state index in [-0.39, 0.29) is 40.9 Å². The van der Waals surface area contributed by atoms with Crippen molar-refractivity contribution >= 4 is 50.3 Å². The number of carbonyl (C=O) groups is 1. The van der Waals surface area contributed by atoms with Gasteiger partial charge in [-0.05, 0) is 36.8 Å². The van der Waals surface area contributed by atoms with E-state index < -0.39 is 15.7 Å². The topological polar surface area (TPSA) is 132 Å². The van der Waals surface area contributed by atoms with Gasteiger partial charge in [0.05, 0.1) is 33.2 Å². The second-order valence-electron chi connectivity index (χ2n) is 7.70. The maximum atomic E-state index is 13.2. The van der Waals surface area contributed by atoms with Crippen molar-refractivity contribution in [2.24, 2.45) is 0 Å². The van der Waals surface area contributed by atoms with Crippen molar-refractivity contribution in [1.29, 1.82) is 10.5 Å². The highest BCUT2D eigenvalue weighted by atomic mass is 35.5. The molecule has 1 aromatic carbocycles. The van der Waals surface area contributed by atoms with Crippen LogP contribution in [0.25, 0.3) is 16.3 Å². The Morgan fingerprint density at radius 3 is 2.57 bits per heavy atom. The molecule has 1 aliphatic rings. The number of halogens is 2. The summed E-state index contributed by atoms with van der Waals surface area (Å²) in [5.74, 6) is -0.773. The van der Waals surface area contributed by atoms with Gasteiger partial charge in [0.15, 0.2) is 15.5 Å². The molecule has 0 aliphatic carbocycles. The van der Waals surface area contributed by atoms with Crippen LogP contribution in [-0.2, 0) is 16.3 Å². The van der Waals surface area contributed by atoms with E-state index >= 15 is 0 Å². The van der Waals surface area contributed by atoms with E-state index in [1.54, 1.807) is 12.1 Å². The Morgan fingerprint density at radius 2 is 1.91 bits per heavy atom. The van der Waals surface area contributed by atoms with E-state index in [2.05, 4.69) is 22.7 Å². The molecule has 0 saturated carbocycles. The summed E-state index contributed by atoms with van der Waals surface area (Å²) in [5.41, 5.74) is 3.41. The number of carbonyl (C=O) groups excluding carboxylic acids is 1. The third-order valence-electron chi connectivity index (χ3n) is 5.33. The molecule has 3 heterocycles. The number of hydrogen-bond acceptors (Lipinski definition) is 8. The molecule has 1 aliphatic heterocycles. The number of hydrazine groups is 1. The minimum absolute atomic E-state index is 0.0480. The number of thiophene rings is 1. The lowest BCUT2D eigenvalue weighted by molar-refractivity contribution is 0.0796. The molecular formula is C22H18Cl2N6O3S2. The molecule has 180 valence electrons. The van der Waals surface area contributed by atoms with Gasteiger partial charge in [-0.3, -0.25) is 10.2 Å². The van der Waals surface area contributed by atoms with Crippen LogP contribution in [0.2, 0.25) is 10.0 Å². The molecule has 0 unspecified atom stereocenters. The predicted molar refractivity (Wildman–Crippen MR) is 133 cm³/mol. The molecule has 2 aromatic heterocycles. The van der Waals surface area contributed by atoms with Gasteiger partial charge in [-0.2, -0.15) is 15.6 Å². The first kappa shape index (κ1) is 25.2. The van der Waals surface area contributed by atoms with E-state index in [4.69, 9.17) is 28.5 Å². The predicted octanol–water partition coefficient (Wildman–Crippen LogP) is 3.61. The molecule has 1 saturated heterocycles. The summed E-state index contributed by atoms with van der Waals surface area (Å²) < 4.78 is 24.8. The van der Waals surface area contributed by atoms with Gasteiger partial charge in [-0.1, -0.05) is 23.2 Å². The molecule has 9 nitrogen and oxygen atoms in total. The minimum atomic E-state index is -3.13. The van der Waals surface area contributed by atoms with Crippen LogP contribution in [0.4, 0.5) is 0 Å². The van der Waals surface area contributed by atoms with E-state index in [0.717, 1.165) is 4.88 Å². The summed E-state index contributed by atoms with van der Waals surface area (Å²) in [4.78, 5) is 14.8. The Kier molecular flexibility index (Phi) is 7.45. The van der Waals surface area contributed by atoms with Gasteiger partial charge < -0.3 is 0 Å². The number of nitriles is 2. The number of amides is 1. The van der Waals surface area contributed by atoms with Crippen LogP contribution in [0, 0.1) is 22.7 Å². The number of nitrogens with zero attached hydrogens (tertiary/aromatic N) is 5. The quantitative estimate of drug-likeness (QED) is 0.497. The van der Waals surface area contributed by atoms with E-state index in [1.165, 1.54) is 27.1 Å². The number of hydrogen-bond donors (Lipinski definition) is 1. The highest BCUT2D eigenvalue weighted by molar-refractivity contribution is 7.91. The Balaban J connectivity index is 1.78. The first-order valence-electron chi connectivity index (χ1n) is 10.4. The van der Waals surface area contributed by atoms with Crippen LogP contribution in [0.15, 0.2) is 30.3 Å². The fourth-order valence-corrected chi connectivity index (χ4v) is 6.31. The first-order valence-corrected chi connectivity index (χ1v) is 13.8. The second-order valence-corrected chi connectivity index (χ2v) is 12.0. The number of nitrogens with one attached hydrogen (secondary N) is 1. The third kappa shape index (κ3) is 5.50. The summed E-state index contributed by atoms with van der Waals surface area (Å²) in [6.07, 6.45) is 0.913. The van der Waals surface area contributed by atoms with Crippen molar-refractivity contribution < 1.29 is 13.2 Å². The highest BCUT2D eigenvalue weighted by Crippen LogP contribution is 2.36. The molecule has 0 atom stereocenters. The number of aryl methyl sites for hydroxylation is 1. The van der Waals surface area contributed by atoms with Crippen LogP contribution in [0.5, 0.6) is 0 Å². The van der Waals surface area contributed by atoms with Crippen molar-refractivity contribution in [2.75, 3.05) is 24.6 Å². The van der Waals surface area contributed by atoms with Crippen LogP contribution < -0.4 is 5.43 Å². The molecule has 13 heteroatoms. The van der Waals surface area contributed by atoms with E-state index in [9.17, 15) is 18.5 Å². The average molecular weight is 549 g/mol.